The van der Waals surface area contributed by atoms with Crippen LogP contribution in [-0.4, -0.2) is 25.0 Å². The van der Waals surface area contributed by atoms with Gasteiger partial charge in [0.1, 0.15) is 11.5 Å². The van der Waals surface area contributed by atoms with Crippen LogP contribution in [0.25, 0.3) is 90.1 Å². The molecule has 3 aliphatic rings. The van der Waals surface area contributed by atoms with Gasteiger partial charge in [-0.05, 0) is 114 Å². The maximum atomic E-state index is 13.4. The first-order valence-corrected chi connectivity index (χ1v) is 25.6. The molecule has 3 N–H and O–H groups in total. The van der Waals surface area contributed by atoms with E-state index in [1.165, 1.54) is 22.3 Å². The molecule has 5 aromatic carbocycles. The fraction of sp³-hybridized carbons (Fsp3) is 0.254. The van der Waals surface area contributed by atoms with Crippen molar-refractivity contribution >= 4 is 45.6 Å². The Morgan fingerprint density at radius 2 is 0.806 bits per heavy atom. The Balaban J connectivity index is 1.33. The number of aliphatic hydroxyl groups excluding tert-OH is 1. The van der Waals surface area contributed by atoms with E-state index in [1.54, 1.807) is 0 Å². The van der Waals surface area contributed by atoms with Crippen LogP contribution >= 0.6 is 0 Å². The van der Waals surface area contributed by atoms with Crippen molar-refractivity contribution in [3.05, 3.63) is 202 Å². The van der Waals surface area contributed by atoms with Crippen LogP contribution in [0.4, 0.5) is 0 Å². The average Bonchev–Trinajstić information content (AvgIpc) is 4.17. The quantitative estimate of drug-likeness (QED) is 0.164. The lowest BCUT2D eigenvalue weighted by Crippen LogP contribution is -2.16. The fourth-order valence-electron chi connectivity index (χ4n) is 10.9. The zero-order valence-corrected chi connectivity index (χ0v) is 43.9. The third kappa shape index (κ3) is 8.13. The maximum Gasteiger partial charge on any atom is 0.148 e. The van der Waals surface area contributed by atoms with Gasteiger partial charge in [0.05, 0.1) is 17.1 Å². The highest BCUT2D eigenvalue weighted by atomic mass is 16.3. The second kappa shape index (κ2) is 16.8. The molecule has 2 aliphatic heterocycles. The lowest BCUT2D eigenvalue weighted by Gasteiger charge is -2.31. The van der Waals surface area contributed by atoms with E-state index in [4.69, 9.17) is 9.97 Å². The first-order chi connectivity index (χ1) is 34.1. The number of aliphatic hydroxyl groups is 1. The van der Waals surface area contributed by atoms with E-state index >= 15 is 0 Å². The SMILES string of the molecule is CC(C)(C)c1ccc(-c2c3nc(c(-c4ccc(C(C)(C)C)cc4)c4ccc([nH]4)c4c5nc(c(-c6ccc(C(C)(C)C)cc6)c6ccc2[nH]6)C(O)=C5C(c2ccccc2)c2cc(C(C)(C)C)ccc2-4)C=C3)cc1. The van der Waals surface area contributed by atoms with Crippen molar-refractivity contribution in [1.82, 2.24) is 19.9 Å². The van der Waals surface area contributed by atoms with Gasteiger partial charge >= 0.3 is 0 Å². The minimum atomic E-state index is -0.296. The summed E-state index contributed by atoms with van der Waals surface area (Å²) in [6.45, 7) is 27.0. The molecule has 5 heteroatoms. The highest BCUT2D eigenvalue weighted by Crippen LogP contribution is 2.55. The third-order valence-corrected chi connectivity index (χ3v) is 15.1. The predicted molar refractivity (Wildman–Crippen MR) is 304 cm³/mol. The minimum absolute atomic E-state index is 0.00634. The lowest BCUT2D eigenvalue weighted by atomic mass is 9.72. The van der Waals surface area contributed by atoms with Crippen molar-refractivity contribution in [3.8, 4) is 44.5 Å². The van der Waals surface area contributed by atoms with Crippen LogP contribution in [-0.2, 0) is 21.7 Å². The molecule has 3 aromatic heterocycles. The third-order valence-electron chi connectivity index (χ3n) is 15.1. The number of fused-ring (bicyclic) bond motifs is 10. The summed E-state index contributed by atoms with van der Waals surface area (Å²) in [5.74, 6) is -0.116. The highest BCUT2D eigenvalue weighted by molar-refractivity contribution is 6.08. The molecule has 8 aromatic rings. The number of nitrogens with one attached hydrogen (secondary N) is 2. The van der Waals surface area contributed by atoms with Gasteiger partial charge in [-0.3, -0.25) is 0 Å². The second-order valence-corrected chi connectivity index (χ2v) is 24.2. The number of allylic oxidation sites excluding steroid dienone is 1. The number of aromatic amines is 2. The van der Waals surface area contributed by atoms with E-state index in [0.29, 0.717) is 5.69 Å². The molecule has 0 radical (unpaired) electrons. The van der Waals surface area contributed by atoms with Gasteiger partial charge in [0.2, 0.25) is 0 Å². The molecule has 11 rings (SSSR count). The Labute approximate surface area is 425 Å². The molecule has 360 valence electrons. The number of rotatable bonds is 4. The Morgan fingerprint density at radius 3 is 1.25 bits per heavy atom. The fourth-order valence-corrected chi connectivity index (χ4v) is 10.9. The van der Waals surface area contributed by atoms with Crippen molar-refractivity contribution in [2.24, 2.45) is 0 Å². The number of H-pyrrole nitrogens is 2. The Morgan fingerprint density at radius 1 is 0.403 bits per heavy atom. The normalized spacial score (nSPS) is 14.8. The molecule has 5 heterocycles. The molecule has 0 fully saturated rings. The van der Waals surface area contributed by atoms with Crippen molar-refractivity contribution in [2.45, 2.75) is 111 Å². The number of benzene rings is 5. The van der Waals surface area contributed by atoms with Gasteiger partial charge in [-0.15, -0.1) is 0 Å². The number of aromatic nitrogens is 4. The number of nitrogens with zero attached hydrogens (tertiary/aromatic N) is 2. The van der Waals surface area contributed by atoms with Gasteiger partial charge in [0.25, 0.3) is 0 Å². The number of hydrogen-bond acceptors (Lipinski definition) is 3. The second-order valence-electron chi connectivity index (χ2n) is 24.2. The summed E-state index contributed by atoms with van der Waals surface area (Å²) < 4.78 is 0. The summed E-state index contributed by atoms with van der Waals surface area (Å²) in [6, 6.07) is 53.0. The van der Waals surface area contributed by atoms with Crippen LogP contribution in [0.1, 0.15) is 145 Å². The average molecular weight is 943 g/mol. The Kier molecular flexibility index (Phi) is 10.9. The summed E-state index contributed by atoms with van der Waals surface area (Å²) in [4.78, 5) is 19.2. The highest BCUT2D eigenvalue weighted by Gasteiger charge is 2.39. The zero-order chi connectivity index (χ0) is 50.6. The monoisotopic (exact) mass is 943 g/mol. The zero-order valence-electron chi connectivity index (χ0n) is 43.9. The summed E-state index contributed by atoms with van der Waals surface area (Å²) in [5.41, 5.74) is 22.4. The molecule has 72 heavy (non-hydrogen) atoms. The van der Waals surface area contributed by atoms with Gasteiger partial charge in [-0.1, -0.05) is 204 Å². The molecule has 1 aliphatic carbocycles. The molecule has 0 saturated heterocycles. The summed E-state index contributed by atoms with van der Waals surface area (Å²) in [6.07, 6.45) is 4.33. The predicted octanol–water partition coefficient (Wildman–Crippen LogP) is 17.9. The summed E-state index contributed by atoms with van der Waals surface area (Å²) in [7, 11) is 0. The van der Waals surface area contributed by atoms with E-state index in [9.17, 15) is 5.11 Å². The van der Waals surface area contributed by atoms with Gasteiger partial charge in [0, 0.05) is 55.8 Å². The van der Waals surface area contributed by atoms with Crippen LogP contribution in [0, 0.1) is 0 Å². The van der Waals surface area contributed by atoms with Crippen molar-refractivity contribution in [1.29, 1.82) is 0 Å². The smallest absolute Gasteiger partial charge is 0.148 e. The van der Waals surface area contributed by atoms with Crippen LogP contribution in [0.2, 0.25) is 0 Å². The van der Waals surface area contributed by atoms with Crippen LogP contribution in [0.3, 0.4) is 0 Å². The van der Waals surface area contributed by atoms with E-state index in [-0.39, 0.29) is 33.3 Å². The van der Waals surface area contributed by atoms with Crippen molar-refractivity contribution < 1.29 is 5.11 Å². The molecule has 0 saturated carbocycles. The Hall–Kier alpha value is -7.50. The van der Waals surface area contributed by atoms with Crippen molar-refractivity contribution in [2.75, 3.05) is 0 Å². The Bertz CT molecular complexity index is 3680. The molecule has 5 nitrogen and oxygen atoms in total. The largest absolute Gasteiger partial charge is 0.505 e. The molecular weight excluding hydrogens is 877 g/mol. The summed E-state index contributed by atoms with van der Waals surface area (Å²) in [5, 5.41) is 13.4. The molecule has 0 amide bonds. The van der Waals surface area contributed by atoms with Crippen LogP contribution in [0.5, 0.6) is 0 Å². The van der Waals surface area contributed by atoms with Crippen LogP contribution < -0.4 is 0 Å². The van der Waals surface area contributed by atoms with Crippen molar-refractivity contribution in [3.63, 3.8) is 0 Å². The van der Waals surface area contributed by atoms with E-state index in [1.807, 2.05) is 0 Å². The molecular formula is C67H66N4O. The van der Waals surface area contributed by atoms with Gasteiger partial charge < -0.3 is 15.1 Å². The van der Waals surface area contributed by atoms with E-state index in [0.717, 1.165) is 100 Å². The minimum Gasteiger partial charge on any atom is -0.505 e. The topological polar surface area (TPSA) is 77.6 Å². The molecule has 1 atom stereocenters. The number of hydrogen-bond donors (Lipinski definition) is 3. The standard InChI is InChI=1S/C67H66N4O/c1-64(2,3)43-24-18-40(19-25-43)56-49-32-33-50(68-49)57(41-20-26-44(27-21-41)65(4,5)6)52-35-37-54(70-52)59-47-31-30-46(67(10,11)12)38-48(47)55(39-16-14-13-15-17-39)60-61(59)71-62(63(60)72)58(53-36-34-51(56)69-53)42-22-28-45(29-23-42)66(7,8)9/h13-38,55,69-70,72H,1-12H3. The molecule has 0 spiro atoms. The molecule has 8 bridgehead atoms. The van der Waals surface area contributed by atoms with Crippen LogP contribution in [0.15, 0.2) is 146 Å². The van der Waals surface area contributed by atoms with Gasteiger partial charge in [-0.25, -0.2) is 9.97 Å². The maximum absolute atomic E-state index is 13.4. The lowest BCUT2D eigenvalue weighted by molar-refractivity contribution is 0.512. The summed E-state index contributed by atoms with van der Waals surface area (Å²) >= 11 is 0. The first kappa shape index (κ1) is 46.9. The molecule has 1 unspecified atom stereocenters. The van der Waals surface area contributed by atoms with E-state index < -0.39 is 0 Å². The first-order valence-electron chi connectivity index (χ1n) is 25.6. The van der Waals surface area contributed by atoms with E-state index in [2.05, 4.69) is 251 Å². The van der Waals surface area contributed by atoms with Gasteiger partial charge in [0.15, 0.2) is 0 Å². The van der Waals surface area contributed by atoms with Gasteiger partial charge in [-0.2, -0.15) is 0 Å².